The van der Waals surface area contributed by atoms with Crippen LogP contribution in [0.25, 0.3) is 0 Å². The number of rotatable bonds is 4. The van der Waals surface area contributed by atoms with Gasteiger partial charge in [0.25, 0.3) is 0 Å². The van der Waals surface area contributed by atoms with Gasteiger partial charge in [-0.25, -0.2) is 9.67 Å². The number of nitrogen functional groups attached to an aromatic ring is 1. The number of nitrogens with two attached hydrogens (primary N) is 1. The molecule has 0 saturated carbocycles. The summed E-state index contributed by atoms with van der Waals surface area (Å²) in [6.07, 6.45) is 3.04. The first kappa shape index (κ1) is 10.6. The number of esters is 1. The van der Waals surface area contributed by atoms with Crippen molar-refractivity contribution in [3.8, 4) is 0 Å². The Morgan fingerprint density at radius 3 is 3.12 bits per heavy atom. The van der Waals surface area contributed by atoms with E-state index in [1.54, 1.807) is 11.7 Å². The fourth-order valence-electron chi connectivity index (χ4n) is 1.03. The van der Waals surface area contributed by atoms with E-state index in [-0.39, 0.29) is 19.1 Å². The summed E-state index contributed by atoms with van der Waals surface area (Å²) in [5.41, 5.74) is 6.99. The van der Waals surface area contributed by atoms with Crippen LogP contribution < -0.4 is 5.73 Å². The Labute approximate surface area is 94.9 Å². The second-order valence-corrected chi connectivity index (χ2v) is 3.90. The molecule has 0 aliphatic heterocycles. The highest BCUT2D eigenvalue weighted by molar-refractivity contribution is 7.09. The highest BCUT2D eigenvalue weighted by Gasteiger charge is 2.06. The van der Waals surface area contributed by atoms with Crippen molar-refractivity contribution in [3.05, 3.63) is 22.9 Å². The molecule has 0 aliphatic rings. The molecule has 0 radical (unpaired) electrons. The summed E-state index contributed by atoms with van der Waals surface area (Å²) in [6, 6.07) is 0. The van der Waals surface area contributed by atoms with Crippen molar-refractivity contribution >= 4 is 23.3 Å². The van der Waals surface area contributed by atoms with Gasteiger partial charge in [0, 0.05) is 6.20 Å². The molecule has 84 valence electrons. The van der Waals surface area contributed by atoms with E-state index < -0.39 is 5.97 Å². The van der Waals surface area contributed by atoms with Gasteiger partial charge in [0.15, 0.2) is 0 Å². The molecule has 2 heterocycles. The Morgan fingerprint density at radius 1 is 1.62 bits per heavy atom. The van der Waals surface area contributed by atoms with Gasteiger partial charge < -0.3 is 10.5 Å². The Bertz CT molecular complexity index is 466. The Morgan fingerprint density at radius 2 is 2.50 bits per heavy atom. The van der Waals surface area contributed by atoms with Gasteiger partial charge in [-0.3, -0.25) is 9.78 Å². The van der Waals surface area contributed by atoms with Gasteiger partial charge in [-0.2, -0.15) is 0 Å². The third-order valence-electron chi connectivity index (χ3n) is 1.70. The van der Waals surface area contributed by atoms with Crippen LogP contribution in [0.15, 0.2) is 18.0 Å². The summed E-state index contributed by atoms with van der Waals surface area (Å²) in [5.74, 6) is -0.256. The lowest BCUT2D eigenvalue weighted by Crippen LogP contribution is -2.13. The molecule has 0 bridgehead atoms. The number of ether oxygens (including phenoxy) is 1. The number of thiazole rings is 1. The molecular formula is C8H9N5O2S. The summed E-state index contributed by atoms with van der Waals surface area (Å²) >= 11 is 1.43. The first-order chi connectivity index (χ1) is 7.74. The molecule has 8 heteroatoms. The van der Waals surface area contributed by atoms with Crippen LogP contribution in [0.5, 0.6) is 0 Å². The van der Waals surface area contributed by atoms with E-state index in [4.69, 9.17) is 10.5 Å². The largest absolute Gasteiger partial charge is 0.459 e. The highest BCUT2D eigenvalue weighted by atomic mass is 32.1. The third-order valence-corrected chi connectivity index (χ3v) is 2.46. The molecule has 0 atom stereocenters. The van der Waals surface area contributed by atoms with E-state index in [2.05, 4.69) is 15.1 Å². The lowest BCUT2D eigenvalue weighted by atomic mass is 10.6. The van der Waals surface area contributed by atoms with Gasteiger partial charge in [-0.05, 0) is 0 Å². The van der Waals surface area contributed by atoms with Crippen LogP contribution in [-0.4, -0.2) is 25.7 Å². The Hall–Kier alpha value is -1.96. The molecule has 0 unspecified atom stereocenters. The van der Waals surface area contributed by atoms with E-state index in [1.165, 1.54) is 22.3 Å². The maximum absolute atomic E-state index is 11.3. The number of hydrogen-bond donors (Lipinski definition) is 1. The van der Waals surface area contributed by atoms with Gasteiger partial charge in [-0.1, -0.05) is 0 Å². The van der Waals surface area contributed by atoms with E-state index in [9.17, 15) is 4.79 Å². The fraction of sp³-hybridized carbons (Fsp3) is 0.250. The molecule has 0 amide bonds. The molecule has 0 aromatic carbocycles. The summed E-state index contributed by atoms with van der Waals surface area (Å²) < 4.78 is 6.33. The van der Waals surface area contributed by atoms with Gasteiger partial charge in [0.2, 0.25) is 5.95 Å². The second kappa shape index (κ2) is 4.71. The van der Waals surface area contributed by atoms with Crippen molar-refractivity contribution in [2.45, 2.75) is 13.2 Å². The maximum atomic E-state index is 11.3. The van der Waals surface area contributed by atoms with E-state index in [0.29, 0.717) is 0 Å². The molecule has 16 heavy (non-hydrogen) atoms. The van der Waals surface area contributed by atoms with Crippen molar-refractivity contribution in [1.29, 1.82) is 0 Å². The van der Waals surface area contributed by atoms with E-state index in [0.717, 1.165) is 4.88 Å². The zero-order valence-corrected chi connectivity index (χ0v) is 9.05. The number of hydrogen-bond acceptors (Lipinski definition) is 7. The molecule has 2 N–H and O–H groups in total. The first-order valence-electron chi connectivity index (χ1n) is 4.42. The van der Waals surface area contributed by atoms with Crippen LogP contribution in [0.1, 0.15) is 4.88 Å². The van der Waals surface area contributed by atoms with Gasteiger partial charge >= 0.3 is 5.97 Å². The number of carbonyl (C=O) groups excluding carboxylic acids is 1. The van der Waals surface area contributed by atoms with Crippen molar-refractivity contribution in [3.63, 3.8) is 0 Å². The molecule has 0 spiro atoms. The molecule has 7 nitrogen and oxygen atoms in total. The topological polar surface area (TPSA) is 95.9 Å². The van der Waals surface area contributed by atoms with Crippen molar-refractivity contribution in [1.82, 2.24) is 19.7 Å². The molecule has 0 aliphatic carbocycles. The minimum atomic E-state index is -0.390. The van der Waals surface area contributed by atoms with Crippen LogP contribution in [0.4, 0.5) is 5.95 Å². The zero-order chi connectivity index (χ0) is 11.4. The normalized spacial score (nSPS) is 10.2. The fourth-order valence-corrected chi connectivity index (χ4v) is 1.53. The van der Waals surface area contributed by atoms with Crippen LogP contribution in [0, 0.1) is 0 Å². The lowest BCUT2D eigenvalue weighted by molar-refractivity contribution is -0.145. The maximum Gasteiger partial charge on any atom is 0.328 e. The monoisotopic (exact) mass is 239 g/mol. The summed E-state index contributed by atoms with van der Waals surface area (Å²) in [5, 5.41) is 3.77. The standard InChI is InChI=1S/C8H9N5O2S/c9-8-11-4-13(12-8)2-7(14)15-3-6-1-10-5-16-6/h1,4-5H,2-3H2,(H2,9,12). The Balaban J connectivity index is 1.81. The van der Waals surface area contributed by atoms with Crippen LogP contribution in [0.2, 0.25) is 0 Å². The van der Waals surface area contributed by atoms with Crippen molar-refractivity contribution < 1.29 is 9.53 Å². The average Bonchev–Trinajstić information content (AvgIpc) is 2.87. The SMILES string of the molecule is Nc1ncn(CC(=O)OCc2cncs2)n1. The van der Waals surface area contributed by atoms with Crippen LogP contribution in [0.3, 0.4) is 0 Å². The predicted octanol–water partition coefficient (Wildman–Crippen LogP) is 0.0602. The van der Waals surface area contributed by atoms with Crippen molar-refractivity contribution in [2.24, 2.45) is 0 Å². The predicted molar refractivity (Wildman–Crippen MR) is 56.3 cm³/mol. The van der Waals surface area contributed by atoms with E-state index in [1.807, 2.05) is 0 Å². The minimum Gasteiger partial charge on any atom is -0.459 e. The quantitative estimate of drug-likeness (QED) is 0.758. The lowest BCUT2D eigenvalue weighted by Gasteiger charge is -2.02. The minimum absolute atomic E-state index is 0.00298. The first-order valence-corrected chi connectivity index (χ1v) is 5.30. The highest BCUT2D eigenvalue weighted by Crippen LogP contribution is 2.06. The van der Waals surface area contributed by atoms with E-state index >= 15 is 0 Å². The van der Waals surface area contributed by atoms with Gasteiger partial charge in [0.05, 0.1) is 10.4 Å². The van der Waals surface area contributed by atoms with Gasteiger partial charge in [0.1, 0.15) is 19.5 Å². The van der Waals surface area contributed by atoms with Gasteiger partial charge in [-0.15, -0.1) is 16.4 Å². The Kier molecular flexibility index (Phi) is 3.10. The number of aromatic nitrogens is 4. The summed E-state index contributed by atoms with van der Waals surface area (Å²) in [6.45, 7) is 0.233. The molecular weight excluding hydrogens is 230 g/mol. The number of carbonyl (C=O) groups is 1. The molecule has 0 fully saturated rings. The smallest absolute Gasteiger partial charge is 0.328 e. The average molecular weight is 239 g/mol. The molecule has 0 saturated heterocycles. The third kappa shape index (κ3) is 2.76. The zero-order valence-electron chi connectivity index (χ0n) is 8.24. The molecule has 2 aromatic heterocycles. The van der Waals surface area contributed by atoms with Crippen LogP contribution in [-0.2, 0) is 22.7 Å². The number of nitrogens with zero attached hydrogens (tertiary/aromatic N) is 4. The second-order valence-electron chi connectivity index (χ2n) is 2.93. The van der Waals surface area contributed by atoms with Crippen LogP contribution >= 0.6 is 11.3 Å². The molecule has 2 rings (SSSR count). The summed E-state index contributed by atoms with van der Waals surface area (Å²) in [7, 11) is 0. The summed E-state index contributed by atoms with van der Waals surface area (Å²) in [4.78, 5) is 19.8. The number of anilines is 1. The van der Waals surface area contributed by atoms with Crippen molar-refractivity contribution in [2.75, 3.05) is 5.73 Å². The molecule has 2 aromatic rings.